The molecular formula is C17H26FN. The minimum atomic E-state index is -0.0453. The maximum absolute atomic E-state index is 14.0. The van der Waals surface area contributed by atoms with Gasteiger partial charge in [-0.05, 0) is 29.9 Å². The lowest BCUT2D eigenvalue weighted by molar-refractivity contribution is 0.407. The molecule has 0 aliphatic heterocycles. The van der Waals surface area contributed by atoms with Crippen LogP contribution in [0.15, 0.2) is 24.3 Å². The number of rotatable bonds is 6. The quantitative estimate of drug-likeness (QED) is 0.797. The highest BCUT2D eigenvalue weighted by Crippen LogP contribution is 2.34. The van der Waals surface area contributed by atoms with Gasteiger partial charge in [-0.2, -0.15) is 0 Å². The maximum Gasteiger partial charge on any atom is 0.126 e. The second kappa shape index (κ2) is 7.04. The third-order valence-electron chi connectivity index (χ3n) is 4.21. The van der Waals surface area contributed by atoms with E-state index in [0.717, 1.165) is 24.4 Å². The first-order valence-electron chi connectivity index (χ1n) is 7.64. The van der Waals surface area contributed by atoms with Gasteiger partial charge in [0, 0.05) is 12.6 Å². The van der Waals surface area contributed by atoms with E-state index in [9.17, 15) is 4.39 Å². The van der Waals surface area contributed by atoms with Crippen LogP contribution in [0.3, 0.4) is 0 Å². The van der Waals surface area contributed by atoms with E-state index in [-0.39, 0.29) is 5.82 Å². The van der Waals surface area contributed by atoms with Crippen molar-refractivity contribution in [2.45, 2.75) is 57.9 Å². The number of benzene rings is 1. The average Bonchev–Trinajstić information content (AvgIpc) is 2.88. The summed E-state index contributed by atoms with van der Waals surface area (Å²) >= 11 is 0. The minimum absolute atomic E-state index is 0.0453. The Kier molecular flexibility index (Phi) is 5.38. The van der Waals surface area contributed by atoms with Gasteiger partial charge in [0.2, 0.25) is 0 Å². The number of hydrogen-bond acceptors (Lipinski definition) is 1. The third kappa shape index (κ3) is 4.31. The first kappa shape index (κ1) is 14.5. The van der Waals surface area contributed by atoms with Crippen molar-refractivity contribution in [3.63, 3.8) is 0 Å². The van der Waals surface area contributed by atoms with E-state index in [2.05, 4.69) is 19.2 Å². The molecule has 0 radical (unpaired) electrons. The zero-order chi connectivity index (χ0) is 13.7. The van der Waals surface area contributed by atoms with Crippen LogP contribution < -0.4 is 5.32 Å². The summed E-state index contributed by atoms with van der Waals surface area (Å²) in [5.41, 5.74) is 0.891. The normalized spacial score (nSPS) is 18.1. The molecular weight excluding hydrogens is 237 g/mol. The van der Waals surface area contributed by atoms with Crippen molar-refractivity contribution < 1.29 is 4.39 Å². The van der Waals surface area contributed by atoms with E-state index in [1.54, 1.807) is 12.1 Å². The molecule has 1 aromatic carbocycles. The summed E-state index contributed by atoms with van der Waals surface area (Å²) in [6, 6.07) is 7.73. The monoisotopic (exact) mass is 263 g/mol. The van der Waals surface area contributed by atoms with Crippen molar-refractivity contribution in [1.29, 1.82) is 0 Å². The van der Waals surface area contributed by atoms with E-state index in [4.69, 9.17) is 0 Å². The van der Waals surface area contributed by atoms with Crippen LogP contribution in [0.4, 0.5) is 4.39 Å². The Morgan fingerprint density at radius 1 is 1.21 bits per heavy atom. The highest BCUT2D eigenvalue weighted by atomic mass is 19.1. The second-order valence-corrected chi connectivity index (χ2v) is 6.17. The average molecular weight is 263 g/mol. The van der Waals surface area contributed by atoms with E-state index >= 15 is 0 Å². The lowest BCUT2D eigenvalue weighted by atomic mass is 9.87. The highest BCUT2D eigenvalue weighted by molar-refractivity contribution is 5.22. The summed E-state index contributed by atoms with van der Waals surface area (Å²) < 4.78 is 14.0. The van der Waals surface area contributed by atoms with E-state index < -0.39 is 0 Å². The molecule has 1 nitrogen and oxygen atoms in total. The molecule has 0 amide bonds. The van der Waals surface area contributed by atoms with Gasteiger partial charge in [0.05, 0.1) is 0 Å². The Balaban J connectivity index is 2.06. The van der Waals surface area contributed by atoms with Crippen LogP contribution in [0, 0.1) is 11.7 Å². The summed E-state index contributed by atoms with van der Waals surface area (Å²) in [5.74, 6) is 1.06. The molecule has 1 saturated carbocycles. The summed E-state index contributed by atoms with van der Waals surface area (Å²) in [7, 11) is 0. The molecule has 0 saturated heterocycles. The van der Waals surface area contributed by atoms with Crippen molar-refractivity contribution in [1.82, 2.24) is 5.32 Å². The van der Waals surface area contributed by atoms with Gasteiger partial charge in [0.15, 0.2) is 0 Å². The Morgan fingerprint density at radius 3 is 2.53 bits per heavy atom. The summed E-state index contributed by atoms with van der Waals surface area (Å²) in [6.45, 7) is 5.18. The predicted molar refractivity (Wildman–Crippen MR) is 78.9 cm³/mol. The molecule has 0 bridgehead atoms. The molecule has 0 spiro atoms. The predicted octanol–water partition coefficient (Wildman–Crippen LogP) is 4.49. The lowest BCUT2D eigenvalue weighted by Gasteiger charge is -2.23. The van der Waals surface area contributed by atoms with Crippen LogP contribution in [-0.2, 0) is 0 Å². The van der Waals surface area contributed by atoms with Gasteiger partial charge in [-0.1, -0.05) is 57.7 Å². The van der Waals surface area contributed by atoms with E-state index in [0.29, 0.717) is 12.0 Å². The zero-order valence-electron chi connectivity index (χ0n) is 12.2. The van der Waals surface area contributed by atoms with Gasteiger partial charge in [0.1, 0.15) is 5.82 Å². The molecule has 1 fully saturated rings. The first-order valence-corrected chi connectivity index (χ1v) is 7.64. The van der Waals surface area contributed by atoms with Crippen molar-refractivity contribution in [2.75, 3.05) is 6.54 Å². The summed E-state index contributed by atoms with van der Waals surface area (Å²) in [6.07, 6.45) is 6.48. The Labute approximate surface area is 116 Å². The number of nitrogens with one attached hydrogen (secondary N) is 1. The molecule has 19 heavy (non-hydrogen) atoms. The molecule has 1 unspecified atom stereocenters. The van der Waals surface area contributed by atoms with Gasteiger partial charge in [0.25, 0.3) is 0 Å². The van der Waals surface area contributed by atoms with Gasteiger partial charge in [-0.25, -0.2) is 4.39 Å². The maximum atomic E-state index is 14.0. The molecule has 2 heteroatoms. The summed E-state index contributed by atoms with van der Waals surface area (Å²) in [4.78, 5) is 0. The van der Waals surface area contributed by atoms with Crippen LogP contribution in [0.5, 0.6) is 0 Å². The molecule has 0 aromatic heterocycles. The molecule has 1 aromatic rings. The first-order chi connectivity index (χ1) is 9.16. The fourth-order valence-electron chi connectivity index (χ4n) is 3.15. The largest absolute Gasteiger partial charge is 0.314 e. The van der Waals surface area contributed by atoms with Crippen molar-refractivity contribution in [3.8, 4) is 0 Å². The third-order valence-corrected chi connectivity index (χ3v) is 4.21. The van der Waals surface area contributed by atoms with E-state index in [1.165, 1.54) is 25.7 Å². The molecule has 1 aliphatic carbocycles. The second-order valence-electron chi connectivity index (χ2n) is 6.17. The van der Waals surface area contributed by atoms with Gasteiger partial charge in [-0.15, -0.1) is 0 Å². The Morgan fingerprint density at radius 2 is 1.89 bits per heavy atom. The smallest absolute Gasteiger partial charge is 0.126 e. The standard InChI is InChI=1S/C17H26FN/c1-13(2)19-12-15(11-14-7-3-4-8-14)16-9-5-6-10-17(16)18/h5-6,9-10,13-15,19H,3-4,7-8,11-12H2,1-2H3. The minimum Gasteiger partial charge on any atom is -0.314 e. The number of halogens is 1. The molecule has 1 aliphatic rings. The fourth-order valence-corrected chi connectivity index (χ4v) is 3.15. The SMILES string of the molecule is CC(C)NCC(CC1CCCC1)c1ccccc1F. The van der Waals surface area contributed by atoms with Crippen LogP contribution in [0.1, 0.15) is 57.4 Å². The molecule has 1 N–H and O–H groups in total. The lowest BCUT2D eigenvalue weighted by Crippen LogP contribution is -2.29. The van der Waals surface area contributed by atoms with Crippen molar-refractivity contribution in [2.24, 2.45) is 5.92 Å². The zero-order valence-corrected chi connectivity index (χ0v) is 12.2. The molecule has 106 valence electrons. The van der Waals surface area contributed by atoms with Crippen LogP contribution in [-0.4, -0.2) is 12.6 Å². The van der Waals surface area contributed by atoms with Gasteiger partial charge >= 0.3 is 0 Å². The van der Waals surface area contributed by atoms with Crippen molar-refractivity contribution in [3.05, 3.63) is 35.6 Å². The van der Waals surface area contributed by atoms with Crippen LogP contribution >= 0.6 is 0 Å². The summed E-state index contributed by atoms with van der Waals surface area (Å²) in [5, 5.41) is 3.48. The Hall–Kier alpha value is -0.890. The van der Waals surface area contributed by atoms with Crippen LogP contribution in [0.2, 0.25) is 0 Å². The topological polar surface area (TPSA) is 12.0 Å². The highest BCUT2D eigenvalue weighted by Gasteiger charge is 2.23. The van der Waals surface area contributed by atoms with Gasteiger partial charge < -0.3 is 5.32 Å². The van der Waals surface area contributed by atoms with Gasteiger partial charge in [-0.3, -0.25) is 0 Å². The molecule has 0 heterocycles. The van der Waals surface area contributed by atoms with E-state index in [1.807, 2.05) is 12.1 Å². The van der Waals surface area contributed by atoms with Crippen molar-refractivity contribution >= 4 is 0 Å². The number of hydrogen-bond donors (Lipinski definition) is 1. The Bertz CT molecular complexity index is 383. The molecule has 2 rings (SSSR count). The fraction of sp³-hybridized carbons (Fsp3) is 0.647. The van der Waals surface area contributed by atoms with Crippen LogP contribution in [0.25, 0.3) is 0 Å². The molecule has 1 atom stereocenters.